The summed E-state index contributed by atoms with van der Waals surface area (Å²) < 4.78 is 12.8. The van der Waals surface area contributed by atoms with Crippen molar-refractivity contribution in [2.75, 3.05) is 27.3 Å². The summed E-state index contributed by atoms with van der Waals surface area (Å²) in [6.45, 7) is 5.15. The lowest BCUT2D eigenvalue weighted by Crippen LogP contribution is -2.38. The maximum atomic E-state index is 5.36. The summed E-state index contributed by atoms with van der Waals surface area (Å²) in [5.74, 6) is 4.28. The Hall–Kier alpha value is -2.77. The van der Waals surface area contributed by atoms with Gasteiger partial charge in [0.15, 0.2) is 23.3 Å². The van der Waals surface area contributed by atoms with E-state index in [2.05, 4.69) is 37.3 Å². The molecule has 1 aromatic heterocycles. The highest BCUT2D eigenvalue weighted by atomic mass is 16.5. The minimum absolute atomic E-state index is 0.526. The summed E-state index contributed by atoms with van der Waals surface area (Å²) in [4.78, 5) is 4.65. The third-order valence-corrected chi connectivity index (χ3v) is 4.56. The van der Waals surface area contributed by atoms with Gasteiger partial charge in [-0.05, 0) is 37.5 Å². The molecule has 2 N–H and O–H groups in total. The molecule has 2 heterocycles. The van der Waals surface area contributed by atoms with Crippen molar-refractivity contribution in [1.29, 1.82) is 0 Å². The molecule has 0 aliphatic carbocycles. The Morgan fingerprint density at radius 3 is 2.81 bits per heavy atom. The number of hydrogen-bond acceptors (Lipinski definition) is 5. The van der Waals surface area contributed by atoms with E-state index in [0.717, 1.165) is 68.0 Å². The van der Waals surface area contributed by atoms with Crippen LogP contribution in [0, 0.1) is 0 Å². The highest BCUT2D eigenvalue weighted by Crippen LogP contribution is 2.27. The number of benzene rings is 1. The van der Waals surface area contributed by atoms with Crippen LogP contribution in [0.15, 0.2) is 23.2 Å². The van der Waals surface area contributed by atoms with Gasteiger partial charge in [-0.25, -0.2) is 4.99 Å². The fourth-order valence-electron chi connectivity index (χ4n) is 3.18. The standard InChI is InChI=1S/C19H28N6O2/c1-4-20-19(22-13-18-24-23-17-6-5-11-25(17)18)21-10-9-14-7-8-15(26-2)16(12-14)27-3/h7-8,12H,4-6,9-11,13H2,1-3H3,(H2,20,21,22). The second-order valence-corrected chi connectivity index (χ2v) is 6.35. The number of aromatic nitrogens is 3. The van der Waals surface area contributed by atoms with Crippen LogP contribution in [0.25, 0.3) is 0 Å². The van der Waals surface area contributed by atoms with Gasteiger partial charge in [-0.1, -0.05) is 6.07 Å². The van der Waals surface area contributed by atoms with Gasteiger partial charge in [0.05, 0.1) is 14.2 Å². The predicted molar refractivity (Wildman–Crippen MR) is 104 cm³/mol. The number of rotatable bonds is 8. The average molecular weight is 372 g/mol. The first-order valence-electron chi connectivity index (χ1n) is 9.39. The van der Waals surface area contributed by atoms with Crippen molar-refractivity contribution in [1.82, 2.24) is 25.4 Å². The topological polar surface area (TPSA) is 85.6 Å². The van der Waals surface area contributed by atoms with Crippen molar-refractivity contribution < 1.29 is 9.47 Å². The molecule has 8 heteroatoms. The summed E-state index contributed by atoms with van der Waals surface area (Å²) in [5.41, 5.74) is 1.17. The van der Waals surface area contributed by atoms with Gasteiger partial charge in [0.2, 0.25) is 0 Å². The normalized spacial score (nSPS) is 13.4. The molecular formula is C19H28N6O2. The number of ether oxygens (including phenoxy) is 2. The molecule has 0 saturated heterocycles. The number of guanidine groups is 1. The summed E-state index contributed by atoms with van der Waals surface area (Å²) in [6, 6.07) is 5.98. The zero-order chi connectivity index (χ0) is 19.1. The second-order valence-electron chi connectivity index (χ2n) is 6.35. The molecule has 0 bridgehead atoms. The van der Waals surface area contributed by atoms with Crippen molar-refractivity contribution in [3.63, 3.8) is 0 Å². The van der Waals surface area contributed by atoms with E-state index in [-0.39, 0.29) is 0 Å². The van der Waals surface area contributed by atoms with Gasteiger partial charge >= 0.3 is 0 Å². The molecule has 2 aromatic rings. The van der Waals surface area contributed by atoms with Gasteiger partial charge in [-0.15, -0.1) is 10.2 Å². The van der Waals surface area contributed by atoms with Gasteiger partial charge in [-0.2, -0.15) is 0 Å². The molecule has 0 fully saturated rings. The molecule has 0 atom stereocenters. The fraction of sp³-hybridized carbons (Fsp3) is 0.526. The van der Waals surface area contributed by atoms with Crippen LogP contribution in [0.2, 0.25) is 0 Å². The molecule has 1 aromatic carbocycles. The Morgan fingerprint density at radius 2 is 2.04 bits per heavy atom. The summed E-state index contributed by atoms with van der Waals surface area (Å²) in [6.07, 6.45) is 3.01. The van der Waals surface area contributed by atoms with Gasteiger partial charge in [0.1, 0.15) is 12.4 Å². The van der Waals surface area contributed by atoms with Crippen LogP contribution >= 0.6 is 0 Å². The van der Waals surface area contributed by atoms with Crippen molar-refractivity contribution in [3.8, 4) is 11.5 Å². The van der Waals surface area contributed by atoms with E-state index in [1.54, 1.807) is 14.2 Å². The van der Waals surface area contributed by atoms with Crippen LogP contribution < -0.4 is 20.1 Å². The van der Waals surface area contributed by atoms with Crippen LogP contribution in [0.3, 0.4) is 0 Å². The van der Waals surface area contributed by atoms with E-state index in [9.17, 15) is 0 Å². The van der Waals surface area contributed by atoms with E-state index in [4.69, 9.17) is 9.47 Å². The van der Waals surface area contributed by atoms with E-state index in [0.29, 0.717) is 6.54 Å². The van der Waals surface area contributed by atoms with Crippen LogP contribution in [0.4, 0.5) is 0 Å². The Labute approximate surface area is 160 Å². The Bertz CT molecular complexity index is 787. The van der Waals surface area contributed by atoms with E-state index < -0.39 is 0 Å². The Morgan fingerprint density at radius 1 is 1.19 bits per heavy atom. The number of methoxy groups -OCH3 is 2. The van der Waals surface area contributed by atoms with Crippen molar-refractivity contribution in [3.05, 3.63) is 35.4 Å². The zero-order valence-electron chi connectivity index (χ0n) is 16.3. The lowest BCUT2D eigenvalue weighted by molar-refractivity contribution is 0.354. The molecule has 3 rings (SSSR count). The first-order chi connectivity index (χ1) is 13.2. The third kappa shape index (κ3) is 4.69. The summed E-state index contributed by atoms with van der Waals surface area (Å²) in [7, 11) is 3.29. The van der Waals surface area contributed by atoms with Crippen LogP contribution in [-0.2, 0) is 25.9 Å². The van der Waals surface area contributed by atoms with Crippen LogP contribution in [-0.4, -0.2) is 48.0 Å². The Kier molecular flexibility index (Phi) is 6.51. The molecule has 0 amide bonds. The zero-order valence-corrected chi connectivity index (χ0v) is 16.3. The van der Waals surface area contributed by atoms with Crippen molar-refractivity contribution >= 4 is 5.96 Å². The largest absolute Gasteiger partial charge is 0.493 e. The van der Waals surface area contributed by atoms with Crippen molar-refractivity contribution in [2.24, 2.45) is 4.99 Å². The molecule has 0 unspecified atom stereocenters. The maximum Gasteiger partial charge on any atom is 0.191 e. The van der Waals surface area contributed by atoms with Crippen LogP contribution in [0.5, 0.6) is 11.5 Å². The molecule has 0 spiro atoms. The average Bonchev–Trinajstić information content (AvgIpc) is 3.30. The highest BCUT2D eigenvalue weighted by molar-refractivity contribution is 5.79. The first kappa shape index (κ1) is 19.0. The number of fused-ring (bicyclic) bond motifs is 1. The smallest absolute Gasteiger partial charge is 0.191 e. The van der Waals surface area contributed by atoms with Gasteiger partial charge in [0.25, 0.3) is 0 Å². The number of aryl methyl sites for hydroxylation is 1. The minimum atomic E-state index is 0.526. The molecule has 27 heavy (non-hydrogen) atoms. The second kappa shape index (κ2) is 9.25. The van der Waals surface area contributed by atoms with Crippen molar-refractivity contribution in [2.45, 2.75) is 39.3 Å². The quantitative estimate of drug-likeness (QED) is 0.540. The maximum absolute atomic E-state index is 5.36. The predicted octanol–water partition coefficient (Wildman–Crippen LogP) is 1.54. The highest BCUT2D eigenvalue weighted by Gasteiger charge is 2.16. The van der Waals surface area contributed by atoms with E-state index in [1.807, 2.05) is 18.2 Å². The fourth-order valence-corrected chi connectivity index (χ4v) is 3.18. The van der Waals surface area contributed by atoms with Crippen LogP contribution in [0.1, 0.15) is 30.6 Å². The van der Waals surface area contributed by atoms with Gasteiger partial charge in [-0.3, -0.25) is 0 Å². The van der Waals surface area contributed by atoms with E-state index in [1.165, 1.54) is 5.56 Å². The first-order valence-corrected chi connectivity index (χ1v) is 9.39. The SMILES string of the molecule is CCNC(=NCc1nnc2n1CCC2)NCCc1ccc(OC)c(OC)c1. The molecular weight excluding hydrogens is 344 g/mol. The lowest BCUT2D eigenvalue weighted by atomic mass is 10.1. The molecule has 1 aliphatic rings. The lowest BCUT2D eigenvalue weighted by Gasteiger charge is -2.12. The molecule has 0 radical (unpaired) electrons. The molecule has 0 saturated carbocycles. The number of nitrogens with one attached hydrogen (secondary N) is 2. The summed E-state index contributed by atoms with van der Waals surface area (Å²) in [5, 5.41) is 15.1. The van der Waals surface area contributed by atoms with E-state index >= 15 is 0 Å². The molecule has 8 nitrogen and oxygen atoms in total. The molecule has 146 valence electrons. The van der Waals surface area contributed by atoms with Gasteiger partial charge in [0, 0.05) is 26.1 Å². The van der Waals surface area contributed by atoms with Gasteiger partial charge < -0.3 is 24.7 Å². The number of nitrogens with zero attached hydrogens (tertiary/aromatic N) is 4. The third-order valence-electron chi connectivity index (χ3n) is 4.56. The molecule has 1 aliphatic heterocycles. The monoisotopic (exact) mass is 372 g/mol. The Balaban J connectivity index is 1.56. The number of hydrogen-bond donors (Lipinski definition) is 2. The minimum Gasteiger partial charge on any atom is -0.493 e. The summed E-state index contributed by atoms with van der Waals surface area (Å²) >= 11 is 0. The number of aliphatic imine (C=N–C) groups is 1.